The zero-order chi connectivity index (χ0) is 45.9. The van der Waals surface area contributed by atoms with E-state index in [2.05, 4.69) is 284 Å². The molecule has 2 unspecified atom stereocenters. The lowest BCUT2D eigenvalue weighted by Crippen LogP contribution is -2.35. The Morgan fingerprint density at radius 1 is 0.406 bits per heavy atom. The van der Waals surface area contributed by atoms with Crippen molar-refractivity contribution >= 4 is 96.0 Å². The van der Waals surface area contributed by atoms with Gasteiger partial charge in [-0.3, -0.25) is 9.89 Å². The van der Waals surface area contributed by atoms with Gasteiger partial charge in [-0.05, 0) is 121 Å². The number of amidine groups is 1. The van der Waals surface area contributed by atoms with E-state index in [9.17, 15) is 0 Å². The summed E-state index contributed by atoms with van der Waals surface area (Å²) < 4.78 is 2.40. The summed E-state index contributed by atoms with van der Waals surface area (Å²) >= 11 is 3.61. The highest BCUT2D eigenvalue weighted by atomic mass is 32.2. The summed E-state index contributed by atoms with van der Waals surface area (Å²) in [5, 5.41) is 8.22. The van der Waals surface area contributed by atoms with Crippen molar-refractivity contribution in [2.45, 2.75) is 10.9 Å². The molecule has 0 amide bonds. The van der Waals surface area contributed by atoms with Gasteiger partial charge in [-0.25, -0.2) is 0 Å². The van der Waals surface area contributed by atoms with E-state index in [1.54, 1.807) is 11.8 Å². The molecule has 0 saturated heterocycles. The van der Waals surface area contributed by atoms with Crippen molar-refractivity contribution < 1.29 is 0 Å². The summed E-state index contributed by atoms with van der Waals surface area (Å²) in [6.07, 6.45) is 2.16. The molecule has 12 rings (SSSR count). The first kappa shape index (κ1) is 42.3. The van der Waals surface area contributed by atoms with Gasteiger partial charge in [0.05, 0.1) is 22.6 Å². The number of para-hydroxylation sites is 7. The normalized spacial score (nSPS) is 15.4. The second-order valence-electron chi connectivity index (χ2n) is 16.8. The Kier molecular flexibility index (Phi) is 11.6. The lowest BCUT2D eigenvalue weighted by atomic mass is 10.1. The standard InChI is InChI=1S/C60H47N7S2/c1-8-22-44(23-9-1)63(45-24-10-2-11-25-45)57-42-62-60(68-57)66(49-32-18-6-19-33-49)52-37-39-56-54(41-52)53-40-51(36-38-55(53)67(56)50-34-20-7-21-35-50)64(46-26-12-3-13-27-46)58-43-61-59(69-58)65(47-28-14-4-15-29-47)48-30-16-5-17-31-48/h1-42,58,60,62H,43H2. The van der Waals surface area contributed by atoms with Gasteiger partial charge in [-0.15, -0.1) is 0 Å². The highest BCUT2D eigenvalue weighted by molar-refractivity contribution is 8.15. The summed E-state index contributed by atoms with van der Waals surface area (Å²) in [6, 6.07) is 88.5. The van der Waals surface area contributed by atoms with Crippen LogP contribution in [0.5, 0.6) is 0 Å². The average Bonchev–Trinajstić information content (AvgIpc) is 4.17. The van der Waals surface area contributed by atoms with Crippen LogP contribution in [-0.4, -0.2) is 27.2 Å². The third kappa shape index (κ3) is 8.26. The number of anilines is 8. The maximum Gasteiger partial charge on any atom is 0.170 e. The highest BCUT2D eigenvalue weighted by Gasteiger charge is 2.33. The Morgan fingerprint density at radius 2 is 0.812 bits per heavy atom. The van der Waals surface area contributed by atoms with Crippen LogP contribution in [-0.2, 0) is 0 Å². The summed E-state index contributed by atoms with van der Waals surface area (Å²) in [5.74, 6) is 0. The molecule has 69 heavy (non-hydrogen) atoms. The predicted octanol–water partition coefficient (Wildman–Crippen LogP) is 15.6. The number of fused-ring (bicyclic) bond motifs is 3. The third-order valence-electron chi connectivity index (χ3n) is 12.6. The topological polar surface area (TPSA) is 42.3 Å². The Bertz CT molecular complexity index is 3120. The monoisotopic (exact) mass is 929 g/mol. The van der Waals surface area contributed by atoms with Gasteiger partial charge in [0, 0.05) is 68.2 Å². The van der Waals surface area contributed by atoms with Crippen molar-refractivity contribution in [2.24, 2.45) is 4.99 Å². The fraction of sp³-hybridized carbons (Fsp3) is 0.0500. The molecule has 7 nitrogen and oxygen atoms in total. The SMILES string of the molecule is C1=C(N(c2ccccc2)c2ccccc2)SC(N(c2ccccc2)c2ccc3c(c2)c2cc(N(c4ccccc4)C4CN=C(N(c5ccccc5)c5ccccc5)S4)ccc2n3-c2ccccc2)N1. The molecule has 0 aliphatic carbocycles. The zero-order valence-corrected chi connectivity index (χ0v) is 39.2. The van der Waals surface area contributed by atoms with Crippen LogP contribution in [0.25, 0.3) is 27.5 Å². The first-order valence-corrected chi connectivity index (χ1v) is 25.0. The summed E-state index contributed by atoms with van der Waals surface area (Å²) in [4.78, 5) is 14.8. The Labute approximate surface area is 411 Å². The summed E-state index contributed by atoms with van der Waals surface area (Å²) in [6.45, 7) is 0.624. The second kappa shape index (κ2) is 18.9. The van der Waals surface area contributed by atoms with Crippen molar-refractivity contribution in [3.8, 4) is 5.69 Å². The molecular formula is C60H47N7S2. The molecule has 2 aliphatic rings. The number of nitrogens with zero attached hydrogens (tertiary/aromatic N) is 6. The van der Waals surface area contributed by atoms with Crippen LogP contribution in [0, 0.1) is 0 Å². The van der Waals surface area contributed by atoms with Gasteiger partial charge in [-0.2, -0.15) is 0 Å². The van der Waals surface area contributed by atoms with Crippen LogP contribution in [0.2, 0.25) is 0 Å². The van der Waals surface area contributed by atoms with E-state index >= 15 is 0 Å². The molecular weight excluding hydrogens is 883 g/mol. The number of rotatable bonds is 12. The predicted molar refractivity (Wildman–Crippen MR) is 294 cm³/mol. The molecule has 1 N–H and O–H groups in total. The van der Waals surface area contributed by atoms with E-state index < -0.39 is 0 Å². The van der Waals surface area contributed by atoms with E-state index in [0.29, 0.717) is 6.54 Å². The minimum Gasteiger partial charge on any atom is -0.360 e. The molecule has 2 atom stereocenters. The minimum atomic E-state index is -0.138. The molecule has 9 heteroatoms. The van der Waals surface area contributed by atoms with Crippen LogP contribution in [0.4, 0.5) is 45.5 Å². The van der Waals surface area contributed by atoms with Crippen molar-refractivity contribution in [3.63, 3.8) is 0 Å². The number of aromatic nitrogens is 1. The van der Waals surface area contributed by atoms with Gasteiger partial charge in [-0.1, -0.05) is 151 Å². The molecule has 9 aromatic carbocycles. The number of benzene rings is 9. The molecule has 0 bridgehead atoms. The molecule has 3 heterocycles. The van der Waals surface area contributed by atoms with Gasteiger partial charge in [0.1, 0.15) is 5.37 Å². The van der Waals surface area contributed by atoms with Crippen molar-refractivity contribution in [1.82, 2.24) is 9.88 Å². The molecule has 10 aromatic rings. The van der Waals surface area contributed by atoms with E-state index in [-0.39, 0.29) is 10.9 Å². The maximum atomic E-state index is 5.29. The molecule has 1 aromatic heterocycles. The number of aliphatic imine (C=N–C) groups is 1. The minimum absolute atomic E-state index is 0.000111. The first-order chi connectivity index (χ1) is 34.2. The molecule has 334 valence electrons. The molecule has 0 saturated carbocycles. The van der Waals surface area contributed by atoms with Gasteiger partial charge < -0.3 is 24.6 Å². The largest absolute Gasteiger partial charge is 0.360 e. The van der Waals surface area contributed by atoms with Crippen molar-refractivity contribution in [1.29, 1.82) is 0 Å². The van der Waals surface area contributed by atoms with Crippen molar-refractivity contribution in [3.05, 3.63) is 260 Å². The number of hydrogen-bond acceptors (Lipinski definition) is 8. The van der Waals surface area contributed by atoms with Crippen LogP contribution in [0.1, 0.15) is 0 Å². The van der Waals surface area contributed by atoms with E-state index in [1.165, 1.54) is 10.8 Å². The Hall–Kier alpha value is -8.11. The molecule has 2 aliphatic heterocycles. The fourth-order valence-electron chi connectivity index (χ4n) is 9.49. The number of thioether (sulfide) groups is 2. The second-order valence-corrected chi connectivity index (χ2v) is 19.1. The van der Waals surface area contributed by atoms with Gasteiger partial charge in [0.15, 0.2) is 10.7 Å². The Balaban J connectivity index is 0.961. The molecule has 0 radical (unpaired) electrons. The maximum absolute atomic E-state index is 5.29. The smallest absolute Gasteiger partial charge is 0.170 e. The highest BCUT2D eigenvalue weighted by Crippen LogP contribution is 2.46. The van der Waals surface area contributed by atoms with Gasteiger partial charge in [0.25, 0.3) is 0 Å². The Morgan fingerprint density at radius 3 is 1.29 bits per heavy atom. The summed E-state index contributed by atoms with van der Waals surface area (Å²) in [5.41, 5.74) is 12.1. The lowest BCUT2D eigenvalue weighted by molar-refractivity contribution is 0.799. The summed E-state index contributed by atoms with van der Waals surface area (Å²) in [7, 11) is 0. The number of nitrogens with one attached hydrogen (secondary N) is 1. The first-order valence-electron chi connectivity index (χ1n) is 23.2. The van der Waals surface area contributed by atoms with E-state index in [4.69, 9.17) is 4.99 Å². The third-order valence-corrected chi connectivity index (χ3v) is 14.8. The van der Waals surface area contributed by atoms with Crippen molar-refractivity contribution in [2.75, 3.05) is 26.1 Å². The molecule has 0 fully saturated rings. The lowest BCUT2D eigenvalue weighted by Gasteiger charge is -2.32. The van der Waals surface area contributed by atoms with E-state index in [0.717, 1.165) is 72.4 Å². The zero-order valence-electron chi connectivity index (χ0n) is 37.6. The average molecular weight is 930 g/mol. The van der Waals surface area contributed by atoms with Crippen LogP contribution in [0.15, 0.2) is 265 Å². The molecule has 0 spiro atoms. The van der Waals surface area contributed by atoms with Gasteiger partial charge >= 0.3 is 0 Å². The quantitative estimate of drug-likeness (QED) is 0.131. The van der Waals surface area contributed by atoms with Crippen LogP contribution >= 0.6 is 23.5 Å². The van der Waals surface area contributed by atoms with E-state index in [1.807, 2.05) is 11.8 Å². The van der Waals surface area contributed by atoms with Gasteiger partial charge in [0.2, 0.25) is 0 Å². The van der Waals surface area contributed by atoms with Crippen LogP contribution in [0.3, 0.4) is 0 Å². The fourth-order valence-corrected chi connectivity index (χ4v) is 11.9. The number of hydrogen-bond donors (Lipinski definition) is 1. The van der Waals surface area contributed by atoms with Crippen LogP contribution < -0.4 is 24.9 Å².